The Morgan fingerprint density at radius 1 is 0.415 bits per heavy atom. The molecule has 0 N–H and O–H groups in total. The molecule has 0 amide bonds. The molecule has 0 radical (unpaired) electrons. The first-order valence-corrected chi connectivity index (χ1v) is 20.7. The van der Waals surface area contributed by atoms with Gasteiger partial charge in [0, 0.05) is 12.8 Å². The summed E-state index contributed by atoms with van der Waals surface area (Å²) in [6, 6.07) is 0. The predicted molar refractivity (Wildman–Crippen MR) is 224 cm³/mol. The number of unbranched alkanes of at least 4 members (excludes halogenated alkanes) is 9. The highest BCUT2D eigenvalue weighted by Crippen LogP contribution is 2.08. The topological polar surface area (TPSA) is 78.9 Å². The molecule has 0 saturated heterocycles. The van der Waals surface area contributed by atoms with Gasteiger partial charge in [0.05, 0.1) is 6.42 Å². The second-order valence-corrected chi connectivity index (χ2v) is 13.2. The van der Waals surface area contributed by atoms with E-state index in [1.54, 1.807) is 6.08 Å². The van der Waals surface area contributed by atoms with Crippen LogP contribution < -0.4 is 0 Å². The second kappa shape index (κ2) is 41.1. The van der Waals surface area contributed by atoms with E-state index in [1.807, 2.05) is 6.08 Å². The maximum Gasteiger partial charge on any atom is 0.310 e. The molecule has 0 bridgehead atoms. The number of hydrogen-bond acceptors (Lipinski definition) is 6. The molecule has 0 aromatic heterocycles. The highest BCUT2D eigenvalue weighted by molar-refractivity contribution is 5.72. The van der Waals surface area contributed by atoms with Crippen LogP contribution in [0.4, 0.5) is 0 Å². The van der Waals surface area contributed by atoms with Crippen molar-refractivity contribution < 1.29 is 28.6 Å². The minimum Gasteiger partial charge on any atom is -0.462 e. The van der Waals surface area contributed by atoms with Crippen LogP contribution in [0.5, 0.6) is 0 Å². The molecule has 0 fully saturated rings. The van der Waals surface area contributed by atoms with E-state index in [1.165, 1.54) is 51.4 Å². The minimum atomic E-state index is -0.856. The summed E-state index contributed by atoms with van der Waals surface area (Å²) in [5.74, 6) is -1.18. The van der Waals surface area contributed by atoms with E-state index in [0.717, 1.165) is 57.8 Å². The molecule has 0 aromatic rings. The molecule has 53 heavy (non-hydrogen) atoms. The molecular weight excluding hydrogens is 661 g/mol. The predicted octanol–water partition coefficient (Wildman–Crippen LogP) is 13.1. The third-order valence-electron chi connectivity index (χ3n) is 8.07. The van der Waals surface area contributed by atoms with Crippen LogP contribution in [-0.4, -0.2) is 37.2 Å². The standard InChI is InChI=1S/C47H74O6/c1-4-7-10-13-16-19-20-21-22-23-24-25-26-29-31-34-37-40-46(49)52-43-44(53-47(50)41-38-35-32-28-18-15-12-9-6-3)42-51-45(48)39-36-33-30-27-17-14-11-8-5-2/h9,12,16,18-19,21-22,24-25,27-31,35,38,44H,4-8,10-11,13-15,17,20,23,26,32-34,36-37,39-43H2,1-3H3/b12-9-,19-16-,22-21-,25-24-,28-18-,30-27-,31-29-,38-35-. The Labute approximate surface area is 324 Å². The van der Waals surface area contributed by atoms with Crippen LogP contribution in [0.15, 0.2) is 97.2 Å². The summed E-state index contributed by atoms with van der Waals surface area (Å²) in [5.41, 5.74) is 0. The Balaban J connectivity index is 4.54. The van der Waals surface area contributed by atoms with Gasteiger partial charge in [-0.25, -0.2) is 0 Å². The average Bonchev–Trinajstić information content (AvgIpc) is 3.15. The second-order valence-electron chi connectivity index (χ2n) is 13.2. The molecule has 0 rings (SSSR count). The molecule has 0 aliphatic rings. The van der Waals surface area contributed by atoms with Crippen LogP contribution in [-0.2, 0) is 28.6 Å². The van der Waals surface area contributed by atoms with Gasteiger partial charge in [0.2, 0.25) is 0 Å². The van der Waals surface area contributed by atoms with Gasteiger partial charge in [-0.2, -0.15) is 0 Å². The molecule has 1 atom stereocenters. The zero-order valence-corrected chi connectivity index (χ0v) is 33.7. The first kappa shape index (κ1) is 49.3. The fraction of sp³-hybridized carbons (Fsp3) is 0.596. The lowest BCUT2D eigenvalue weighted by atomic mass is 10.1. The molecule has 0 aromatic carbocycles. The highest BCUT2D eigenvalue weighted by Gasteiger charge is 2.19. The Kier molecular flexibility index (Phi) is 38.2. The van der Waals surface area contributed by atoms with Crippen molar-refractivity contribution in [2.24, 2.45) is 0 Å². The van der Waals surface area contributed by atoms with Gasteiger partial charge in [-0.05, 0) is 89.9 Å². The lowest BCUT2D eigenvalue weighted by molar-refractivity contribution is -0.166. The third-order valence-corrected chi connectivity index (χ3v) is 8.07. The van der Waals surface area contributed by atoms with Crippen molar-refractivity contribution in [3.8, 4) is 0 Å². The van der Waals surface area contributed by atoms with Crippen molar-refractivity contribution in [3.63, 3.8) is 0 Å². The molecule has 0 spiro atoms. The van der Waals surface area contributed by atoms with Gasteiger partial charge < -0.3 is 14.2 Å². The number of rotatable bonds is 35. The summed E-state index contributed by atoms with van der Waals surface area (Å²) in [6.45, 7) is 6.24. The first-order chi connectivity index (χ1) is 26.0. The molecule has 0 aliphatic heterocycles. The quantitative estimate of drug-likeness (QED) is 0.0279. The van der Waals surface area contributed by atoms with Crippen LogP contribution >= 0.6 is 0 Å². The van der Waals surface area contributed by atoms with Gasteiger partial charge in [0.15, 0.2) is 6.10 Å². The fourth-order valence-electron chi connectivity index (χ4n) is 4.97. The van der Waals surface area contributed by atoms with Crippen molar-refractivity contribution >= 4 is 17.9 Å². The number of ether oxygens (including phenoxy) is 3. The molecule has 0 heterocycles. The van der Waals surface area contributed by atoms with Crippen LogP contribution in [0.1, 0.15) is 162 Å². The van der Waals surface area contributed by atoms with E-state index < -0.39 is 12.1 Å². The van der Waals surface area contributed by atoms with E-state index in [0.29, 0.717) is 12.8 Å². The summed E-state index contributed by atoms with van der Waals surface area (Å²) in [4.78, 5) is 37.4. The number of hydrogen-bond donors (Lipinski definition) is 0. The Morgan fingerprint density at radius 3 is 1.26 bits per heavy atom. The Bertz CT molecular complexity index is 1120. The zero-order valence-electron chi connectivity index (χ0n) is 33.7. The van der Waals surface area contributed by atoms with Crippen LogP contribution in [0, 0.1) is 0 Å². The average molecular weight is 735 g/mol. The monoisotopic (exact) mass is 735 g/mol. The summed E-state index contributed by atoms with van der Waals surface area (Å²) in [7, 11) is 0. The van der Waals surface area contributed by atoms with Crippen molar-refractivity contribution in [2.75, 3.05) is 13.2 Å². The fourth-order valence-corrected chi connectivity index (χ4v) is 4.97. The first-order valence-electron chi connectivity index (χ1n) is 20.7. The largest absolute Gasteiger partial charge is 0.462 e. The van der Waals surface area contributed by atoms with Crippen LogP contribution in [0.25, 0.3) is 0 Å². The molecule has 298 valence electrons. The van der Waals surface area contributed by atoms with Crippen molar-refractivity contribution in [2.45, 2.75) is 168 Å². The number of carbonyl (C=O) groups is 3. The molecule has 0 aliphatic carbocycles. The maximum atomic E-state index is 12.5. The summed E-state index contributed by atoms with van der Waals surface area (Å²) in [6.07, 6.45) is 53.0. The Hall–Kier alpha value is -3.67. The molecule has 1 unspecified atom stereocenters. The molecular formula is C47H74O6. The third kappa shape index (κ3) is 39.4. The molecule has 6 heteroatoms. The maximum absolute atomic E-state index is 12.5. The summed E-state index contributed by atoms with van der Waals surface area (Å²) in [5, 5.41) is 0. The van der Waals surface area contributed by atoms with Gasteiger partial charge in [-0.3, -0.25) is 14.4 Å². The van der Waals surface area contributed by atoms with Gasteiger partial charge in [-0.1, -0.05) is 150 Å². The van der Waals surface area contributed by atoms with E-state index in [4.69, 9.17) is 14.2 Å². The van der Waals surface area contributed by atoms with Crippen molar-refractivity contribution in [1.82, 2.24) is 0 Å². The smallest absolute Gasteiger partial charge is 0.310 e. The van der Waals surface area contributed by atoms with Crippen molar-refractivity contribution in [1.29, 1.82) is 0 Å². The molecule has 0 saturated carbocycles. The number of carbonyl (C=O) groups excluding carboxylic acids is 3. The zero-order chi connectivity index (χ0) is 38.7. The number of esters is 3. The molecule has 6 nitrogen and oxygen atoms in total. The van der Waals surface area contributed by atoms with Gasteiger partial charge >= 0.3 is 17.9 Å². The summed E-state index contributed by atoms with van der Waals surface area (Å²) >= 11 is 0. The van der Waals surface area contributed by atoms with Gasteiger partial charge in [0.25, 0.3) is 0 Å². The van der Waals surface area contributed by atoms with Gasteiger partial charge in [0.1, 0.15) is 13.2 Å². The normalized spacial score (nSPS) is 13.0. The summed E-state index contributed by atoms with van der Waals surface area (Å²) < 4.78 is 16.4. The van der Waals surface area contributed by atoms with E-state index in [9.17, 15) is 14.4 Å². The highest BCUT2D eigenvalue weighted by atomic mass is 16.6. The van der Waals surface area contributed by atoms with Gasteiger partial charge in [-0.15, -0.1) is 0 Å². The van der Waals surface area contributed by atoms with Crippen LogP contribution in [0.3, 0.4) is 0 Å². The van der Waals surface area contributed by atoms with Crippen molar-refractivity contribution in [3.05, 3.63) is 97.2 Å². The number of allylic oxidation sites excluding steroid dienone is 15. The lowest BCUT2D eigenvalue weighted by Crippen LogP contribution is -2.30. The van der Waals surface area contributed by atoms with E-state index >= 15 is 0 Å². The Morgan fingerprint density at radius 2 is 0.792 bits per heavy atom. The van der Waals surface area contributed by atoms with E-state index in [-0.39, 0.29) is 44.4 Å². The van der Waals surface area contributed by atoms with Crippen LogP contribution in [0.2, 0.25) is 0 Å². The SMILES string of the molecule is CC/C=C\C/C=C\C/C=C\CC(=O)OC(COC(=O)CCC/C=C\C/C=C\C/C=C\C/C=C\CCCCC)COC(=O)CCC/C=C\CCCCCC. The minimum absolute atomic E-state index is 0.0851. The van der Waals surface area contributed by atoms with E-state index in [2.05, 4.69) is 106 Å². The lowest BCUT2D eigenvalue weighted by Gasteiger charge is -2.18.